The van der Waals surface area contributed by atoms with Crippen LogP contribution in [-0.4, -0.2) is 58.6 Å². The summed E-state index contributed by atoms with van der Waals surface area (Å²) in [7, 11) is 0. The zero-order chi connectivity index (χ0) is 16.4. The Kier molecular flexibility index (Phi) is 4.55. The molecule has 0 radical (unpaired) electrons. The van der Waals surface area contributed by atoms with Crippen LogP contribution in [0.3, 0.4) is 0 Å². The van der Waals surface area contributed by atoms with E-state index in [4.69, 9.17) is 4.74 Å². The number of aromatic nitrogens is 1. The number of hydrogen-bond donors (Lipinski definition) is 0. The van der Waals surface area contributed by atoms with Gasteiger partial charge in [0.2, 0.25) is 0 Å². The lowest BCUT2D eigenvalue weighted by atomic mass is 9.86. The van der Waals surface area contributed by atoms with Gasteiger partial charge in [0.05, 0.1) is 0 Å². The van der Waals surface area contributed by atoms with Crippen LogP contribution in [0.2, 0.25) is 0 Å². The first-order chi connectivity index (χ1) is 11.8. The Hall–Kier alpha value is -1.46. The Morgan fingerprint density at radius 3 is 2.92 bits per heavy atom. The minimum atomic E-state index is -0.187. The molecule has 3 aliphatic rings. The third-order valence-electron chi connectivity index (χ3n) is 5.91. The first-order valence-electron chi connectivity index (χ1n) is 9.31. The second-order valence-electron chi connectivity index (χ2n) is 7.48. The Bertz CT molecular complexity index is 573. The molecule has 3 aliphatic heterocycles. The van der Waals surface area contributed by atoms with Crippen LogP contribution in [0.25, 0.3) is 0 Å². The van der Waals surface area contributed by atoms with Crippen LogP contribution in [0.1, 0.15) is 44.1 Å². The summed E-state index contributed by atoms with van der Waals surface area (Å²) in [6.45, 7) is 4.56. The van der Waals surface area contributed by atoms with Gasteiger partial charge in [-0.15, -0.1) is 0 Å². The second kappa shape index (κ2) is 6.81. The number of nitrogens with zero attached hydrogens (tertiary/aromatic N) is 3. The maximum absolute atomic E-state index is 12.8. The second-order valence-corrected chi connectivity index (χ2v) is 7.48. The van der Waals surface area contributed by atoms with Gasteiger partial charge in [-0.2, -0.15) is 0 Å². The molecule has 1 spiro atoms. The topological polar surface area (TPSA) is 45.7 Å². The Morgan fingerprint density at radius 2 is 2.17 bits per heavy atom. The van der Waals surface area contributed by atoms with E-state index in [1.165, 1.54) is 24.8 Å². The van der Waals surface area contributed by atoms with Crippen molar-refractivity contribution >= 4 is 5.91 Å². The van der Waals surface area contributed by atoms with Gasteiger partial charge in [-0.05, 0) is 56.7 Å². The van der Waals surface area contributed by atoms with E-state index < -0.39 is 0 Å². The van der Waals surface area contributed by atoms with Gasteiger partial charge in [0.25, 0.3) is 5.91 Å². The van der Waals surface area contributed by atoms with E-state index in [2.05, 4.69) is 20.9 Å². The Morgan fingerprint density at radius 1 is 1.29 bits per heavy atom. The molecule has 5 nitrogen and oxygen atoms in total. The van der Waals surface area contributed by atoms with E-state index in [9.17, 15) is 4.79 Å². The predicted octanol–water partition coefficient (Wildman–Crippen LogP) is 2.22. The smallest absolute Gasteiger partial charge is 0.251 e. The summed E-state index contributed by atoms with van der Waals surface area (Å²) in [5, 5.41) is 0. The van der Waals surface area contributed by atoms with Gasteiger partial charge < -0.3 is 9.64 Å². The standard InChI is InChI=1S/C19H27N3O2/c23-18(17-6-2-12-24-17)21-10-3-7-19(15-21)8-4-11-22(19)14-16-5-1-9-20-13-16/h1,5,9,13,17H,2-4,6-8,10-12,14-15H2. The van der Waals surface area contributed by atoms with Gasteiger partial charge in [-0.1, -0.05) is 6.07 Å². The van der Waals surface area contributed by atoms with Gasteiger partial charge in [-0.25, -0.2) is 0 Å². The number of hydrogen-bond acceptors (Lipinski definition) is 4. The fourth-order valence-electron chi connectivity index (χ4n) is 4.69. The number of carbonyl (C=O) groups is 1. The summed E-state index contributed by atoms with van der Waals surface area (Å²) in [5.41, 5.74) is 1.42. The van der Waals surface area contributed by atoms with Crippen molar-refractivity contribution in [1.82, 2.24) is 14.8 Å². The highest BCUT2D eigenvalue weighted by Gasteiger charge is 2.45. The Balaban J connectivity index is 1.47. The number of rotatable bonds is 3. The zero-order valence-electron chi connectivity index (χ0n) is 14.3. The fourth-order valence-corrected chi connectivity index (χ4v) is 4.69. The third-order valence-corrected chi connectivity index (χ3v) is 5.91. The van der Waals surface area contributed by atoms with Crippen molar-refractivity contribution in [3.8, 4) is 0 Å². The molecule has 1 amide bonds. The fraction of sp³-hybridized carbons (Fsp3) is 0.684. The average Bonchev–Trinajstić information content (AvgIpc) is 3.27. The molecule has 2 atom stereocenters. The molecule has 0 saturated carbocycles. The molecule has 2 unspecified atom stereocenters. The molecule has 0 aliphatic carbocycles. The molecule has 0 N–H and O–H groups in total. The summed E-state index contributed by atoms with van der Waals surface area (Å²) >= 11 is 0. The van der Waals surface area contributed by atoms with E-state index >= 15 is 0 Å². The molecular formula is C19H27N3O2. The van der Waals surface area contributed by atoms with E-state index in [-0.39, 0.29) is 17.6 Å². The molecule has 4 rings (SSSR count). The van der Waals surface area contributed by atoms with Crippen molar-refractivity contribution in [2.75, 3.05) is 26.2 Å². The molecule has 130 valence electrons. The highest BCUT2D eigenvalue weighted by molar-refractivity contribution is 5.81. The number of amides is 1. The van der Waals surface area contributed by atoms with Crippen molar-refractivity contribution in [2.45, 2.75) is 56.7 Å². The van der Waals surface area contributed by atoms with Crippen molar-refractivity contribution in [2.24, 2.45) is 0 Å². The first kappa shape index (κ1) is 16.0. The van der Waals surface area contributed by atoms with Gasteiger partial charge >= 0.3 is 0 Å². The number of pyridine rings is 1. The quantitative estimate of drug-likeness (QED) is 0.853. The van der Waals surface area contributed by atoms with Crippen molar-refractivity contribution in [1.29, 1.82) is 0 Å². The molecular weight excluding hydrogens is 302 g/mol. The summed E-state index contributed by atoms with van der Waals surface area (Å²) in [6, 6.07) is 4.16. The number of piperidine rings is 1. The summed E-state index contributed by atoms with van der Waals surface area (Å²) < 4.78 is 5.63. The van der Waals surface area contributed by atoms with Crippen LogP contribution in [-0.2, 0) is 16.1 Å². The monoisotopic (exact) mass is 329 g/mol. The van der Waals surface area contributed by atoms with Crippen molar-refractivity contribution < 1.29 is 9.53 Å². The largest absolute Gasteiger partial charge is 0.368 e. The van der Waals surface area contributed by atoms with Gasteiger partial charge in [0, 0.05) is 44.2 Å². The van der Waals surface area contributed by atoms with E-state index in [1.807, 2.05) is 18.5 Å². The molecule has 1 aromatic rings. The van der Waals surface area contributed by atoms with Gasteiger partial charge in [0.1, 0.15) is 6.10 Å². The van der Waals surface area contributed by atoms with Crippen LogP contribution in [0.5, 0.6) is 0 Å². The number of ether oxygens (including phenoxy) is 1. The normalized spacial score (nSPS) is 31.0. The molecule has 3 fully saturated rings. The minimum absolute atomic E-state index is 0.155. The highest BCUT2D eigenvalue weighted by Crippen LogP contribution is 2.38. The van der Waals surface area contributed by atoms with Crippen LogP contribution in [0.15, 0.2) is 24.5 Å². The van der Waals surface area contributed by atoms with Crippen molar-refractivity contribution in [3.05, 3.63) is 30.1 Å². The minimum Gasteiger partial charge on any atom is -0.368 e. The van der Waals surface area contributed by atoms with Crippen LogP contribution in [0.4, 0.5) is 0 Å². The van der Waals surface area contributed by atoms with Gasteiger partial charge in [0.15, 0.2) is 0 Å². The maximum atomic E-state index is 12.8. The summed E-state index contributed by atoms with van der Waals surface area (Å²) in [5.74, 6) is 0.222. The molecule has 5 heteroatoms. The molecule has 24 heavy (non-hydrogen) atoms. The van der Waals surface area contributed by atoms with E-state index in [1.54, 1.807) is 0 Å². The van der Waals surface area contributed by atoms with E-state index in [0.29, 0.717) is 0 Å². The number of likely N-dealkylation sites (tertiary alicyclic amines) is 2. The first-order valence-corrected chi connectivity index (χ1v) is 9.31. The third kappa shape index (κ3) is 3.07. The lowest BCUT2D eigenvalue weighted by molar-refractivity contribution is -0.144. The SMILES string of the molecule is O=C(C1CCCO1)N1CCCC2(CCCN2Cc2cccnc2)C1. The molecule has 1 aromatic heterocycles. The lowest BCUT2D eigenvalue weighted by Gasteiger charge is -2.46. The zero-order valence-corrected chi connectivity index (χ0v) is 14.3. The Labute approximate surface area is 144 Å². The number of carbonyl (C=O) groups excluding carboxylic acids is 1. The molecule has 4 heterocycles. The van der Waals surface area contributed by atoms with Gasteiger partial charge in [-0.3, -0.25) is 14.7 Å². The average molecular weight is 329 g/mol. The predicted molar refractivity (Wildman–Crippen MR) is 91.4 cm³/mol. The van der Waals surface area contributed by atoms with Crippen molar-refractivity contribution in [3.63, 3.8) is 0 Å². The lowest BCUT2D eigenvalue weighted by Crippen LogP contribution is -2.58. The van der Waals surface area contributed by atoms with Crippen LogP contribution < -0.4 is 0 Å². The molecule has 0 bridgehead atoms. The van der Waals surface area contributed by atoms with Crippen LogP contribution >= 0.6 is 0 Å². The maximum Gasteiger partial charge on any atom is 0.251 e. The van der Waals surface area contributed by atoms with E-state index in [0.717, 1.165) is 52.0 Å². The highest BCUT2D eigenvalue weighted by atomic mass is 16.5. The van der Waals surface area contributed by atoms with Crippen LogP contribution in [0, 0.1) is 0 Å². The summed E-state index contributed by atoms with van der Waals surface area (Å²) in [6.07, 6.45) is 10.2. The molecule has 0 aromatic carbocycles. The summed E-state index contributed by atoms with van der Waals surface area (Å²) in [4.78, 5) is 21.7. The molecule has 3 saturated heterocycles.